The van der Waals surface area contributed by atoms with E-state index in [9.17, 15) is 9.50 Å². The minimum absolute atomic E-state index is 0.180. The van der Waals surface area contributed by atoms with Gasteiger partial charge in [-0.25, -0.2) is 14.1 Å². The van der Waals surface area contributed by atoms with Crippen molar-refractivity contribution in [3.05, 3.63) is 47.3 Å². The molecule has 1 heterocycles. The highest BCUT2D eigenvalue weighted by atomic mass is 19.1. The van der Waals surface area contributed by atoms with E-state index in [1.807, 2.05) is 13.8 Å². The zero-order valence-corrected chi connectivity index (χ0v) is 11.3. The lowest BCUT2D eigenvalue weighted by atomic mass is 10.0. The number of aliphatic hydroxyl groups excluding tert-OH is 1. The van der Waals surface area contributed by atoms with E-state index in [1.165, 1.54) is 18.5 Å². The summed E-state index contributed by atoms with van der Waals surface area (Å²) in [6.45, 7) is 5.80. The molecule has 0 aliphatic heterocycles. The van der Waals surface area contributed by atoms with E-state index in [0.29, 0.717) is 17.8 Å². The zero-order valence-electron chi connectivity index (χ0n) is 11.3. The van der Waals surface area contributed by atoms with Crippen molar-refractivity contribution in [2.45, 2.75) is 39.3 Å². The largest absolute Gasteiger partial charge is 0.388 e. The molecule has 2 aromatic rings. The highest BCUT2D eigenvalue weighted by Crippen LogP contribution is 2.20. The number of aryl methyl sites for hydroxylation is 1. The first-order chi connectivity index (χ1) is 8.97. The van der Waals surface area contributed by atoms with E-state index in [0.717, 1.165) is 5.56 Å². The molecule has 0 saturated heterocycles. The summed E-state index contributed by atoms with van der Waals surface area (Å²) in [5.74, 6) is 0.365. The molecule has 0 aliphatic rings. The van der Waals surface area contributed by atoms with Crippen molar-refractivity contribution in [1.82, 2.24) is 14.8 Å². The molecule has 0 spiro atoms. The molecule has 4 nitrogen and oxygen atoms in total. The van der Waals surface area contributed by atoms with Crippen LogP contribution in [0.5, 0.6) is 0 Å². The maximum absolute atomic E-state index is 13.3. The zero-order chi connectivity index (χ0) is 14.0. The first-order valence-corrected chi connectivity index (χ1v) is 6.31. The molecule has 1 unspecified atom stereocenters. The number of rotatable bonds is 4. The van der Waals surface area contributed by atoms with E-state index in [2.05, 4.69) is 10.1 Å². The summed E-state index contributed by atoms with van der Waals surface area (Å²) in [5.41, 5.74) is 1.36. The Kier molecular flexibility index (Phi) is 3.95. The van der Waals surface area contributed by atoms with E-state index in [1.54, 1.807) is 17.7 Å². The third kappa shape index (κ3) is 3.17. The molecule has 0 fully saturated rings. The SMILES string of the molecule is Cc1cc(F)cc(C(O)Cc2ncnn2C(C)C)c1. The third-order valence-electron chi connectivity index (χ3n) is 2.96. The van der Waals surface area contributed by atoms with E-state index >= 15 is 0 Å². The predicted molar refractivity (Wildman–Crippen MR) is 70.2 cm³/mol. The van der Waals surface area contributed by atoms with E-state index in [-0.39, 0.29) is 11.9 Å². The van der Waals surface area contributed by atoms with Gasteiger partial charge in [-0.05, 0) is 44.0 Å². The highest BCUT2D eigenvalue weighted by Gasteiger charge is 2.15. The Balaban J connectivity index is 2.20. The number of hydrogen-bond donors (Lipinski definition) is 1. The van der Waals surface area contributed by atoms with Gasteiger partial charge < -0.3 is 5.11 Å². The number of halogens is 1. The van der Waals surface area contributed by atoms with Crippen LogP contribution < -0.4 is 0 Å². The van der Waals surface area contributed by atoms with Gasteiger partial charge in [0.25, 0.3) is 0 Å². The average Bonchev–Trinajstić information content (AvgIpc) is 2.75. The molecule has 102 valence electrons. The molecule has 5 heteroatoms. The fourth-order valence-corrected chi connectivity index (χ4v) is 2.10. The molecule has 2 rings (SSSR count). The van der Waals surface area contributed by atoms with Crippen molar-refractivity contribution in [1.29, 1.82) is 0 Å². The average molecular weight is 263 g/mol. The molecule has 1 aromatic carbocycles. The van der Waals surface area contributed by atoms with Crippen LogP contribution in [0.4, 0.5) is 4.39 Å². The molecule has 0 amide bonds. The van der Waals surface area contributed by atoms with Gasteiger partial charge in [-0.3, -0.25) is 0 Å². The Morgan fingerprint density at radius 3 is 2.68 bits per heavy atom. The Hall–Kier alpha value is -1.75. The van der Waals surface area contributed by atoms with Crippen molar-refractivity contribution in [3.63, 3.8) is 0 Å². The van der Waals surface area contributed by atoms with Gasteiger partial charge in [-0.15, -0.1) is 0 Å². The van der Waals surface area contributed by atoms with Crippen LogP contribution in [0.2, 0.25) is 0 Å². The van der Waals surface area contributed by atoms with E-state index in [4.69, 9.17) is 0 Å². The lowest BCUT2D eigenvalue weighted by Crippen LogP contribution is -2.12. The monoisotopic (exact) mass is 263 g/mol. The van der Waals surface area contributed by atoms with Crippen LogP contribution in [0.3, 0.4) is 0 Å². The summed E-state index contributed by atoms with van der Waals surface area (Å²) in [6.07, 6.45) is 1.01. The van der Waals surface area contributed by atoms with Crippen LogP contribution in [0.25, 0.3) is 0 Å². The van der Waals surface area contributed by atoms with Crippen molar-refractivity contribution in [2.24, 2.45) is 0 Å². The van der Waals surface area contributed by atoms with Crippen molar-refractivity contribution in [2.75, 3.05) is 0 Å². The van der Waals surface area contributed by atoms with Crippen LogP contribution in [-0.2, 0) is 6.42 Å². The molecule has 0 saturated carbocycles. The third-order valence-corrected chi connectivity index (χ3v) is 2.96. The quantitative estimate of drug-likeness (QED) is 0.922. The summed E-state index contributed by atoms with van der Waals surface area (Å²) in [7, 11) is 0. The molecule has 1 atom stereocenters. The number of benzene rings is 1. The lowest BCUT2D eigenvalue weighted by Gasteiger charge is -2.14. The summed E-state index contributed by atoms with van der Waals surface area (Å²) < 4.78 is 15.1. The second-order valence-corrected chi connectivity index (χ2v) is 5.00. The molecule has 19 heavy (non-hydrogen) atoms. The second-order valence-electron chi connectivity index (χ2n) is 5.00. The lowest BCUT2D eigenvalue weighted by molar-refractivity contribution is 0.173. The molecule has 0 radical (unpaired) electrons. The minimum Gasteiger partial charge on any atom is -0.388 e. The molecule has 0 aliphatic carbocycles. The van der Waals surface area contributed by atoms with Crippen molar-refractivity contribution < 1.29 is 9.50 Å². The summed E-state index contributed by atoms with van der Waals surface area (Å²) >= 11 is 0. The minimum atomic E-state index is -0.781. The Labute approximate surface area is 111 Å². The van der Waals surface area contributed by atoms with Gasteiger partial charge in [0.2, 0.25) is 0 Å². The van der Waals surface area contributed by atoms with Gasteiger partial charge in [0.15, 0.2) is 0 Å². The topological polar surface area (TPSA) is 50.9 Å². The predicted octanol–water partition coefficient (Wildman–Crippen LogP) is 2.58. The van der Waals surface area contributed by atoms with Crippen LogP contribution in [0.1, 0.15) is 42.9 Å². The Morgan fingerprint density at radius 1 is 1.32 bits per heavy atom. The van der Waals surface area contributed by atoms with Crippen LogP contribution >= 0.6 is 0 Å². The maximum atomic E-state index is 13.3. The van der Waals surface area contributed by atoms with Gasteiger partial charge in [0.1, 0.15) is 18.0 Å². The standard InChI is InChI=1S/C14H18FN3O/c1-9(2)18-14(16-8-17-18)7-13(19)11-4-10(3)5-12(15)6-11/h4-6,8-9,13,19H,7H2,1-3H3. The summed E-state index contributed by atoms with van der Waals surface area (Å²) in [6, 6.07) is 4.75. The molecule has 0 bridgehead atoms. The number of hydrogen-bond acceptors (Lipinski definition) is 3. The van der Waals surface area contributed by atoms with Crippen LogP contribution in [0, 0.1) is 12.7 Å². The molecular weight excluding hydrogens is 245 g/mol. The van der Waals surface area contributed by atoms with Gasteiger partial charge in [0, 0.05) is 12.5 Å². The second kappa shape index (κ2) is 5.48. The van der Waals surface area contributed by atoms with E-state index < -0.39 is 6.10 Å². The first-order valence-electron chi connectivity index (χ1n) is 6.31. The number of aromatic nitrogens is 3. The summed E-state index contributed by atoms with van der Waals surface area (Å²) in [4.78, 5) is 4.15. The normalized spacial score (nSPS) is 12.9. The first kappa shape index (κ1) is 13.7. The van der Waals surface area contributed by atoms with Crippen molar-refractivity contribution in [3.8, 4) is 0 Å². The van der Waals surface area contributed by atoms with Gasteiger partial charge in [-0.2, -0.15) is 5.10 Å². The van der Waals surface area contributed by atoms with Crippen LogP contribution in [-0.4, -0.2) is 19.9 Å². The molecule has 1 N–H and O–H groups in total. The summed E-state index contributed by atoms with van der Waals surface area (Å²) in [5, 5.41) is 14.3. The molecular formula is C14H18FN3O. The Bertz CT molecular complexity index is 545. The van der Waals surface area contributed by atoms with Gasteiger partial charge >= 0.3 is 0 Å². The number of nitrogens with zero attached hydrogens (tertiary/aromatic N) is 3. The fourth-order valence-electron chi connectivity index (χ4n) is 2.10. The molecule has 1 aromatic heterocycles. The maximum Gasteiger partial charge on any atom is 0.138 e. The number of aliphatic hydroxyl groups is 1. The van der Waals surface area contributed by atoms with Crippen LogP contribution in [0.15, 0.2) is 24.5 Å². The van der Waals surface area contributed by atoms with Gasteiger partial charge in [-0.1, -0.05) is 6.07 Å². The van der Waals surface area contributed by atoms with Gasteiger partial charge in [0.05, 0.1) is 6.10 Å². The van der Waals surface area contributed by atoms with Crippen molar-refractivity contribution >= 4 is 0 Å². The fraction of sp³-hybridized carbons (Fsp3) is 0.429. The smallest absolute Gasteiger partial charge is 0.138 e. The Morgan fingerprint density at radius 2 is 2.05 bits per heavy atom. The highest BCUT2D eigenvalue weighted by molar-refractivity contribution is 5.25.